The van der Waals surface area contributed by atoms with Gasteiger partial charge < -0.3 is 10.1 Å². The molecule has 0 saturated heterocycles. The molecule has 2 aromatic carbocycles. The van der Waals surface area contributed by atoms with Gasteiger partial charge in [0.05, 0.1) is 15.4 Å². The number of H-pyrrole nitrogens is 1. The zero-order valence-electron chi connectivity index (χ0n) is 10.8. The van der Waals surface area contributed by atoms with Crippen molar-refractivity contribution in [3.8, 4) is 0 Å². The summed E-state index contributed by atoms with van der Waals surface area (Å²) >= 11 is 0. The number of aromatic carboxylic acids is 1. The summed E-state index contributed by atoms with van der Waals surface area (Å²) < 4.78 is 25.4. The molecule has 0 saturated carbocycles. The minimum atomic E-state index is -3.77. The van der Waals surface area contributed by atoms with E-state index in [0.29, 0.717) is 10.9 Å². The molecular formula is C15H11NO4S. The van der Waals surface area contributed by atoms with Crippen molar-refractivity contribution in [1.29, 1.82) is 0 Å². The zero-order valence-corrected chi connectivity index (χ0v) is 11.6. The first kappa shape index (κ1) is 13.4. The molecule has 0 aliphatic heterocycles. The largest absolute Gasteiger partial charge is 0.478 e. The van der Waals surface area contributed by atoms with E-state index in [1.54, 1.807) is 30.5 Å². The number of hydrogen-bond acceptors (Lipinski definition) is 3. The van der Waals surface area contributed by atoms with Crippen LogP contribution in [0.15, 0.2) is 64.5 Å². The van der Waals surface area contributed by atoms with E-state index in [0.717, 1.165) is 0 Å². The number of carbonyl (C=O) groups is 1. The third kappa shape index (κ3) is 2.19. The number of aromatic amines is 1. The van der Waals surface area contributed by atoms with Gasteiger partial charge in [0, 0.05) is 17.1 Å². The zero-order chi connectivity index (χ0) is 15.0. The van der Waals surface area contributed by atoms with Crippen LogP contribution < -0.4 is 0 Å². The smallest absolute Gasteiger partial charge is 0.335 e. The standard InChI is InChI=1S/C15H11NO4S/c17-15(18)10-8-13-12(6-7-16-13)14(9-10)21(19,20)11-4-2-1-3-5-11/h1-9,16H,(H,17,18). The Labute approximate surface area is 120 Å². The Bertz CT molecular complexity index is 927. The minimum Gasteiger partial charge on any atom is -0.478 e. The molecule has 0 atom stereocenters. The van der Waals surface area contributed by atoms with Gasteiger partial charge >= 0.3 is 5.97 Å². The molecule has 3 aromatic rings. The van der Waals surface area contributed by atoms with E-state index < -0.39 is 15.8 Å². The Kier molecular flexibility index (Phi) is 3.03. The molecule has 0 fully saturated rings. The van der Waals surface area contributed by atoms with Crippen molar-refractivity contribution < 1.29 is 18.3 Å². The maximum atomic E-state index is 12.7. The van der Waals surface area contributed by atoms with Gasteiger partial charge in [0.2, 0.25) is 9.84 Å². The van der Waals surface area contributed by atoms with Gasteiger partial charge in [0.15, 0.2) is 0 Å². The number of nitrogens with one attached hydrogen (secondary N) is 1. The van der Waals surface area contributed by atoms with Crippen molar-refractivity contribution in [2.45, 2.75) is 9.79 Å². The van der Waals surface area contributed by atoms with Crippen LogP contribution in [0.5, 0.6) is 0 Å². The van der Waals surface area contributed by atoms with Gasteiger partial charge in [0.25, 0.3) is 0 Å². The molecule has 3 rings (SSSR count). The molecule has 6 heteroatoms. The Hall–Kier alpha value is -2.60. The van der Waals surface area contributed by atoms with E-state index in [2.05, 4.69) is 4.98 Å². The number of aromatic nitrogens is 1. The Morgan fingerprint density at radius 3 is 2.43 bits per heavy atom. The average Bonchev–Trinajstić information content (AvgIpc) is 2.95. The van der Waals surface area contributed by atoms with E-state index in [4.69, 9.17) is 5.11 Å². The SMILES string of the molecule is O=C(O)c1cc(S(=O)(=O)c2ccccc2)c2cc[nH]c2c1. The van der Waals surface area contributed by atoms with Gasteiger partial charge in [-0.25, -0.2) is 13.2 Å². The lowest BCUT2D eigenvalue weighted by molar-refractivity contribution is 0.0697. The number of carboxylic acid groups (broad SMARTS) is 1. The van der Waals surface area contributed by atoms with Crippen molar-refractivity contribution in [3.63, 3.8) is 0 Å². The Morgan fingerprint density at radius 2 is 1.76 bits per heavy atom. The highest BCUT2D eigenvalue weighted by Gasteiger charge is 2.22. The molecule has 0 spiro atoms. The monoisotopic (exact) mass is 301 g/mol. The number of benzene rings is 2. The fraction of sp³-hybridized carbons (Fsp3) is 0. The van der Waals surface area contributed by atoms with Gasteiger partial charge in [-0.05, 0) is 30.3 Å². The summed E-state index contributed by atoms with van der Waals surface area (Å²) in [5, 5.41) is 9.61. The van der Waals surface area contributed by atoms with E-state index in [9.17, 15) is 13.2 Å². The molecule has 0 amide bonds. The van der Waals surface area contributed by atoms with Crippen LogP contribution >= 0.6 is 0 Å². The van der Waals surface area contributed by atoms with Crippen molar-refractivity contribution >= 4 is 26.7 Å². The molecule has 106 valence electrons. The van der Waals surface area contributed by atoms with Crippen LogP contribution in [0, 0.1) is 0 Å². The predicted molar refractivity (Wildman–Crippen MR) is 77.2 cm³/mol. The number of rotatable bonds is 3. The van der Waals surface area contributed by atoms with Gasteiger partial charge in [-0.15, -0.1) is 0 Å². The topological polar surface area (TPSA) is 87.2 Å². The van der Waals surface area contributed by atoms with Gasteiger partial charge in [-0.1, -0.05) is 18.2 Å². The summed E-state index contributed by atoms with van der Waals surface area (Å²) in [4.78, 5) is 14.1. The summed E-state index contributed by atoms with van der Waals surface area (Å²) in [5.41, 5.74) is 0.406. The first-order chi connectivity index (χ1) is 10.00. The van der Waals surface area contributed by atoms with Crippen molar-refractivity contribution in [1.82, 2.24) is 4.98 Å². The fourth-order valence-corrected chi connectivity index (χ4v) is 3.72. The highest BCUT2D eigenvalue weighted by molar-refractivity contribution is 7.91. The van der Waals surface area contributed by atoms with Crippen LogP contribution in [0.1, 0.15) is 10.4 Å². The lowest BCUT2D eigenvalue weighted by Crippen LogP contribution is -2.05. The molecule has 1 aromatic heterocycles. The second-order valence-corrected chi connectivity index (χ2v) is 6.45. The minimum absolute atomic E-state index is 0.00940. The molecule has 2 N–H and O–H groups in total. The molecule has 0 unspecified atom stereocenters. The normalized spacial score (nSPS) is 11.6. The predicted octanol–water partition coefficient (Wildman–Crippen LogP) is 2.70. The summed E-state index contributed by atoms with van der Waals surface area (Å²) in [6.45, 7) is 0. The second-order valence-electron chi connectivity index (χ2n) is 4.53. The summed E-state index contributed by atoms with van der Waals surface area (Å²) in [6.07, 6.45) is 1.58. The van der Waals surface area contributed by atoms with Gasteiger partial charge in [-0.2, -0.15) is 0 Å². The maximum Gasteiger partial charge on any atom is 0.335 e. The van der Waals surface area contributed by atoms with Crippen LogP contribution in [0.3, 0.4) is 0 Å². The van der Waals surface area contributed by atoms with Crippen LogP contribution in [-0.4, -0.2) is 24.5 Å². The van der Waals surface area contributed by atoms with Crippen LogP contribution in [0.4, 0.5) is 0 Å². The third-order valence-corrected chi connectivity index (χ3v) is 5.03. The van der Waals surface area contributed by atoms with Gasteiger partial charge in [0.1, 0.15) is 0 Å². The van der Waals surface area contributed by atoms with Crippen molar-refractivity contribution in [3.05, 3.63) is 60.3 Å². The lowest BCUT2D eigenvalue weighted by Gasteiger charge is -2.07. The van der Waals surface area contributed by atoms with Crippen LogP contribution in [0.2, 0.25) is 0 Å². The fourth-order valence-electron chi connectivity index (χ4n) is 2.21. The Morgan fingerprint density at radius 1 is 1.05 bits per heavy atom. The molecule has 0 aliphatic rings. The molecule has 5 nitrogen and oxygen atoms in total. The number of hydrogen-bond donors (Lipinski definition) is 2. The highest BCUT2D eigenvalue weighted by atomic mass is 32.2. The van der Waals surface area contributed by atoms with Gasteiger partial charge in [-0.3, -0.25) is 0 Å². The number of sulfone groups is 1. The van der Waals surface area contributed by atoms with Crippen LogP contribution in [-0.2, 0) is 9.84 Å². The summed E-state index contributed by atoms with van der Waals surface area (Å²) in [5.74, 6) is -1.17. The van der Waals surface area contributed by atoms with E-state index in [1.807, 2.05) is 0 Å². The molecular weight excluding hydrogens is 290 g/mol. The Balaban J connectivity index is 2.34. The molecule has 0 bridgehead atoms. The number of fused-ring (bicyclic) bond motifs is 1. The van der Waals surface area contributed by atoms with Crippen LogP contribution in [0.25, 0.3) is 10.9 Å². The van der Waals surface area contributed by atoms with Crippen molar-refractivity contribution in [2.24, 2.45) is 0 Å². The quantitative estimate of drug-likeness (QED) is 0.778. The molecule has 21 heavy (non-hydrogen) atoms. The lowest BCUT2D eigenvalue weighted by atomic mass is 10.1. The first-order valence-corrected chi connectivity index (χ1v) is 7.63. The molecule has 0 aliphatic carbocycles. The number of carboxylic acids is 1. The second kappa shape index (κ2) is 4.75. The first-order valence-electron chi connectivity index (χ1n) is 6.15. The highest BCUT2D eigenvalue weighted by Crippen LogP contribution is 2.29. The van der Waals surface area contributed by atoms with Crippen molar-refractivity contribution in [2.75, 3.05) is 0 Å². The summed E-state index contributed by atoms with van der Waals surface area (Å²) in [6, 6.07) is 12.2. The third-order valence-electron chi connectivity index (χ3n) is 3.22. The molecule has 0 radical (unpaired) electrons. The van der Waals surface area contributed by atoms with E-state index >= 15 is 0 Å². The maximum absolute atomic E-state index is 12.7. The van der Waals surface area contributed by atoms with E-state index in [1.165, 1.54) is 24.3 Å². The average molecular weight is 301 g/mol. The van der Waals surface area contributed by atoms with E-state index in [-0.39, 0.29) is 15.4 Å². The molecule has 1 heterocycles. The summed E-state index contributed by atoms with van der Waals surface area (Å²) in [7, 11) is -3.77.